The number of furan rings is 1. The maximum atomic E-state index is 12.7. The summed E-state index contributed by atoms with van der Waals surface area (Å²) >= 11 is 1.47. The molecule has 4 heterocycles. The van der Waals surface area contributed by atoms with E-state index in [9.17, 15) is 14.7 Å². The zero-order chi connectivity index (χ0) is 22.8. The van der Waals surface area contributed by atoms with Crippen molar-refractivity contribution in [3.05, 3.63) is 80.9 Å². The Morgan fingerprint density at radius 3 is 2.73 bits per heavy atom. The monoisotopic (exact) mass is 465 g/mol. The SMILES string of the molecule is O=C(NCC(O)CN1CCc2ccccc2C1)c1cc2c(s1)CCN(C(=O)c1ccco1)C2. The second-order valence-electron chi connectivity index (χ2n) is 8.63. The van der Waals surface area contributed by atoms with Gasteiger partial charge in [0.2, 0.25) is 0 Å². The molecule has 2 N–H and O–H groups in total. The van der Waals surface area contributed by atoms with E-state index in [2.05, 4.69) is 28.4 Å². The minimum Gasteiger partial charge on any atom is -0.459 e. The molecule has 0 bridgehead atoms. The minimum atomic E-state index is -0.629. The van der Waals surface area contributed by atoms with E-state index in [4.69, 9.17) is 4.42 Å². The third-order valence-corrected chi connectivity index (χ3v) is 7.52. The molecule has 0 saturated carbocycles. The molecule has 8 heteroatoms. The van der Waals surface area contributed by atoms with E-state index < -0.39 is 6.10 Å². The van der Waals surface area contributed by atoms with Crippen molar-refractivity contribution < 1.29 is 19.1 Å². The maximum absolute atomic E-state index is 12.7. The van der Waals surface area contributed by atoms with Crippen LogP contribution in [-0.2, 0) is 25.9 Å². The first-order chi connectivity index (χ1) is 16.1. The van der Waals surface area contributed by atoms with Crippen molar-refractivity contribution in [3.63, 3.8) is 0 Å². The summed E-state index contributed by atoms with van der Waals surface area (Å²) in [5, 5.41) is 13.4. The molecule has 0 radical (unpaired) electrons. The number of fused-ring (bicyclic) bond motifs is 2. The average molecular weight is 466 g/mol. The quantitative estimate of drug-likeness (QED) is 0.585. The average Bonchev–Trinajstić information content (AvgIpc) is 3.52. The van der Waals surface area contributed by atoms with Crippen LogP contribution in [-0.4, -0.2) is 59.0 Å². The van der Waals surface area contributed by atoms with Gasteiger partial charge in [-0.1, -0.05) is 24.3 Å². The van der Waals surface area contributed by atoms with Crippen molar-refractivity contribution in [2.24, 2.45) is 0 Å². The lowest BCUT2D eigenvalue weighted by Gasteiger charge is -2.30. The largest absolute Gasteiger partial charge is 0.459 e. The van der Waals surface area contributed by atoms with Gasteiger partial charge in [0.05, 0.1) is 17.2 Å². The van der Waals surface area contributed by atoms with E-state index >= 15 is 0 Å². The lowest BCUT2D eigenvalue weighted by Crippen LogP contribution is -2.41. The molecule has 7 nitrogen and oxygen atoms in total. The highest BCUT2D eigenvalue weighted by Gasteiger charge is 2.26. The van der Waals surface area contributed by atoms with E-state index in [1.54, 1.807) is 17.0 Å². The van der Waals surface area contributed by atoms with Gasteiger partial charge in [0, 0.05) is 44.1 Å². The fraction of sp³-hybridized carbons (Fsp3) is 0.360. The van der Waals surface area contributed by atoms with E-state index in [0.717, 1.165) is 36.4 Å². The molecule has 0 spiro atoms. The molecule has 0 fully saturated rings. The summed E-state index contributed by atoms with van der Waals surface area (Å²) in [6.07, 6.45) is 2.57. The molecule has 5 rings (SSSR count). The van der Waals surface area contributed by atoms with Crippen molar-refractivity contribution in [2.75, 3.05) is 26.2 Å². The molecule has 3 aromatic rings. The number of thiophene rings is 1. The zero-order valence-corrected chi connectivity index (χ0v) is 19.1. The summed E-state index contributed by atoms with van der Waals surface area (Å²) in [5.41, 5.74) is 3.69. The third kappa shape index (κ3) is 4.88. The molecule has 1 unspecified atom stereocenters. The highest BCUT2D eigenvalue weighted by Crippen LogP contribution is 2.29. The predicted octanol–water partition coefficient (Wildman–Crippen LogP) is 2.69. The molecule has 33 heavy (non-hydrogen) atoms. The molecule has 2 aliphatic rings. The van der Waals surface area contributed by atoms with Crippen LogP contribution in [0.15, 0.2) is 53.1 Å². The first-order valence-electron chi connectivity index (χ1n) is 11.3. The number of carbonyl (C=O) groups excluding carboxylic acids is 2. The van der Waals surface area contributed by atoms with Gasteiger partial charge in [0.25, 0.3) is 11.8 Å². The fourth-order valence-corrected chi connectivity index (χ4v) is 5.62. The Morgan fingerprint density at radius 2 is 1.91 bits per heavy atom. The van der Waals surface area contributed by atoms with Crippen LogP contribution in [0.25, 0.3) is 0 Å². The molecule has 0 saturated heterocycles. The molecule has 1 aromatic carbocycles. The van der Waals surface area contributed by atoms with Gasteiger partial charge in [-0.05, 0) is 47.7 Å². The van der Waals surface area contributed by atoms with Gasteiger partial charge in [-0.2, -0.15) is 0 Å². The molecule has 1 atom stereocenters. The van der Waals surface area contributed by atoms with Gasteiger partial charge in [-0.15, -0.1) is 11.3 Å². The first-order valence-corrected chi connectivity index (χ1v) is 12.1. The van der Waals surface area contributed by atoms with E-state index in [1.165, 1.54) is 28.7 Å². The molecule has 172 valence electrons. The third-order valence-electron chi connectivity index (χ3n) is 6.29. The summed E-state index contributed by atoms with van der Waals surface area (Å²) in [5.74, 6) is 0.0190. The standard InChI is InChI=1S/C25H27N3O4S/c29-20(16-27-9-7-17-4-1-2-5-18(17)14-27)13-26-24(30)23-12-19-15-28(10-8-22(19)33-23)25(31)21-6-3-11-32-21/h1-6,11-12,20,29H,7-10,13-16H2,(H,26,30). The molecular formula is C25H27N3O4S. The highest BCUT2D eigenvalue weighted by molar-refractivity contribution is 7.14. The van der Waals surface area contributed by atoms with Crippen LogP contribution in [0.3, 0.4) is 0 Å². The van der Waals surface area contributed by atoms with Gasteiger partial charge in [0.1, 0.15) is 0 Å². The first kappa shape index (κ1) is 21.9. The Kier molecular flexibility index (Phi) is 6.30. The Labute approximate surface area is 196 Å². The number of amides is 2. The van der Waals surface area contributed by atoms with Gasteiger partial charge < -0.3 is 19.7 Å². The number of rotatable bonds is 6. The number of hydrogen-bond donors (Lipinski definition) is 2. The smallest absolute Gasteiger partial charge is 0.289 e. The van der Waals surface area contributed by atoms with Gasteiger partial charge >= 0.3 is 0 Å². The number of hydrogen-bond acceptors (Lipinski definition) is 6. The number of benzene rings is 1. The van der Waals surface area contributed by atoms with Crippen LogP contribution in [0, 0.1) is 0 Å². The van der Waals surface area contributed by atoms with Crippen LogP contribution in [0.1, 0.15) is 41.8 Å². The number of nitrogens with zero attached hydrogens (tertiary/aromatic N) is 2. The van der Waals surface area contributed by atoms with Crippen LogP contribution >= 0.6 is 11.3 Å². The number of aliphatic hydroxyl groups is 1. The number of nitrogens with one attached hydrogen (secondary N) is 1. The summed E-state index contributed by atoms with van der Waals surface area (Å²) < 4.78 is 5.23. The Balaban J connectivity index is 1.13. The van der Waals surface area contributed by atoms with Crippen molar-refractivity contribution >= 4 is 23.2 Å². The molecule has 0 aliphatic carbocycles. The van der Waals surface area contributed by atoms with E-state index in [1.807, 2.05) is 12.1 Å². The Hall–Kier alpha value is -2.94. The van der Waals surface area contributed by atoms with Crippen molar-refractivity contribution in [1.82, 2.24) is 15.1 Å². The topological polar surface area (TPSA) is 86.0 Å². The zero-order valence-electron chi connectivity index (χ0n) is 18.3. The van der Waals surface area contributed by atoms with Crippen molar-refractivity contribution in [3.8, 4) is 0 Å². The number of carbonyl (C=O) groups is 2. The van der Waals surface area contributed by atoms with Crippen LogP contribution < -0.4 is 5.32 Å². The normalized spacial score (nSPS) is 16.7. The Morgan fingerprint density at radius 1 is 1.06 bits per heavy atom. The minimum absolute atomic E-state index is 0.133. The highest BCUT2D eigenvalue weighted by atomic mass is 32.1. The lowest BCUT2D eigenvalue weighted by atomic mass is 10.00. The second kappa shape index (κ2) is 9.51. The van der Waals surface area contributed by atoms with Crippen LogP contribution in [0.4, 0.5) is 0 Å². The summed E-state index contributed by atoms with van der Waals surface area (Å²) in [4.78, 5) is 31.0. The lowest BCUT2D eigenvalue weighted by molar-refractivity contribution is 0.0703. The number of β-amino-alcohol motifs (C(OH)–C–C–N with tert-alkyl or cyclic N) is 1. The van der Waals surface area contributed by atoms with Gasteiger partial charge in [-0.3, -0.25) is 14.5 Å². The predicted molar refractivity (Wildman–Crippen MR) is 125 cm³/mol. The van der Waals surface area contributed by atoms with E-state index in [0.29, 0.717) is 30.3 Å². The summed E-state index contributed by atoms with van der Waals surface area (Å²) in [6.45, 7) is 3.55. The molecule has 2 aliphatic heterocycles. The van der Waals surface area contributed by atoms with Gasteiger partial charge in [0.15, 0.2) is 5.76 Å². The van der Waals surface area contributed by atoms with Crippen molar-refractivity contribution in [1.29, 1.82) is 0 Å². The molecule has 2 aromatic heterocycles. The van der Waals surface area contributed by atoms with Gasteiger partial charge in [-0.25, -0.2) is 0 Å². The Bertz CT molecular complexity index is 1140. The second-order valence-corrected chi connectivity index (χ2v) is 9.77. The molecule has 2 amide bonds. The fourth-order valence-electron chi connectivity index (χ4n) is 4.54. The maximum Gasteiger partial charge on any atom is 0.289 e. The molecular weight excluding hydrogens is 438 g/mol. The van der Waals surface area contributed by atoms with Crippen LogP contribution in [0.2, 0.25) is 0 Å². The summed E-state index contributed by atoms with van der Waals surface area (Å²) in [6, 6.07) is 13.6. The summed E-state index contributed by atoms with van der Waals surface area (Å²) in [7, 11) is 0. The van der Waals surface area contributed by atoms with Crippen LogP contribution in [0.5, 0.6) is 0 Å². The van der Waals surface area contributed by atoms with E-state index in [-0.39, 0.29) is 18.4 Å². The number of aliphatic hydroxyl groups excluding tert-OH is 1. The van der Waals surface area contributed by atoms with Crippen molar-refractivity contribution in [2.45, 2.75) is 32.0 Å².